The molecule has 0 aliphatic heterocycles. The Morgan fingerprint density at radius 2 is 1.89 bits per heavy atom. The molecule has 0 rings (SSSR count). The number of imide groups is 1. The van der Waals surface area contributed by atoms with E-state index in [0.29, 0.717) is 4.90 Å². The molecular weight excluding hydrogens is 259 g/mol. The normalized spacial score (nSPS) is 13.2. The summed E-state index contributed by atoms with van der Waals surface area (Å²) < 4.78 is 36.6. The molecule has 0 heterocycles. The van der Waals surface area contributed by atoms with E-state index in [-0.39, 0.29) is 0 Å². The molecule has 3 amide bonds. The van der Waals surface area contributed by atoms with Crippen molar-refractivity contribution < 1.29 is 32.7 Å². The highest BCUT2D eigenvalue weighted by Crippen LogP contribution is 2.17. The van der Waals surface area contributed by atoms with E-state index in [0.717, 1.165) is 6.92 Å². The summed E-state index contributed by atoms with van der Waals surface area (Å²) in [5.74, 6) is -2.63. The maximum Gasteiger partial charge on any atom is 0.401 e. The molecule has 0 aromatic carbocycles. The number of amides is 3. The topological polar surface area (TPSA) is 113 Å². The summed E-state index contributed by atoms with van der Waals surface area (Å²) >= 11 is 0. The molecule has 1 atom stereocenters. The Balaban J connectivity index is 4.78. The van der Waals surface area contributed by atoms with Gasteiger partial charge in [-0.05, 0) is 6.92 Å². The van der Waals surface area contributed by atoms with Crippen LogP contribution in [0.3, 0.4) is 0 Å². The van der Waals surface area contributed by atoms with Gasteiger partial charge < -0.3 is 10.8 Å². The highest BCUT2D eigenvalue weighted by Gasteiger charge is 2.35. The fourth-order valence-corrected chi connectivity index (χ4v) is 1.13. The van der Waals surface area contributed by atoms with Crippen LogP contribution in [0, 0.1) is 0 Å². The number of carbonyl (C=O) groups excluding carboxylic acids is 2. The number of rotatable bonds is 5. The van der Waals surface area contributed by atoms with Gasteiger partial charge in [0.2, 0.25) is 5.91 Å². The van der Waals surface area contributed by atoms with Crippen molar-refractivity contribution in [1.82, 2.24) is 10.2 Å². The Kier molecular flexibility index (Phi) is 5.56. The zero-order chi connectivity index (χ0) is 14.5. The Bertz CT molecular complexity index is 345. The number of carboxylic acid groups (broad SMARTS) is 1. The van der Waals surface area contributed by atoms with E-state index in [2.05, 4.69) is 5.73 Å². The number of nitrogens with one attached hydrogen (secondary N) is 1. The van der Waals surface area contributed by atoms with Crippen molar-refractivity contribution in [3.05, 3.63) is 0 Å². The molecular formula is C8H12F3N3O4. The number of hydrogen-bond acceptors (Lipinski definition) is 4. The van der Waals surface area contributed by atoms with Crippen LogP contribution in [0.25, 0.3) is 0 Å². The fraction of sp³-hybridized carbons (Fsp3) is 0.625. The van der Waals surface area contributed by atoms with E-state index < -0.39 is 43.2 Å². The first kappa shape index (κ1) is 16.2. The van der Waals surface area contributed by atoms with Gasteiger partial charge in [0, 0.05) is 0 Å². The van der Waals surface area contributed by atoms with Gasteiger partial charge >= 0.3 is 18.2 Å². The average Bonchev–Trinajstić information content (AvgIpc) is 2.11. The van der Waals surface area contributed by atoms with Crippen LogP contribution in [0.4, 0.5) is 18.0 Å². The van der Waals surface area contributed by atoms with Gasteiger partial charge in [0.15, 0.2) is 0 Å². The van der Waals surface area contributed by atoms with Crippen molar-refractivity contribution in [1.29, 1.82) is 0 Å². The second-order valence-corrected chi connectivity index (χ2v) is 3.44. The lowest BCUT2D eigenvalue weighted by atomic mass is 10.2. The Labute approximate surface area is 99.7 Å². The Morgan fingerprint density at radius 3 is 2.22 bits per heavy atom. The van der Waals surface area contributed by atoms with Crippen molar-refractivity contribution in [3.63, 3.8) is 0 Å². The number of alkyl halides is 3. The molecule has 18 heavy (non-hydrogen) atoms. The molecule has 0 radical (unpaired) electrons. The van der Waals surface area contributed by atoms with Crippen LogP contribution in [0.5, 0.6) is 0 Å². The number of carbonyl (C=O) groups is 3. The minimum absolute atomic E-state index is 0.362. The second kappa shape index (κ2) is 6.19. The molecule has 7 nitrogen and oxygen atoms in total. The molecule has 0 fully saturated rings. The van der Waals surface area contributed by atoms with Gasteiger partial charge in [0.25, 0.3) is 0 Å². The minimum Gasteiger partial charge on any atom is -0.480 e. The summed E-state index contributed by atoms with van der Waals surface area (Å²) in [4.78, 5) is 32.4. The lowest BCUT2D eigenvalue weighted by molar-refractivity contribution is -0.159. The number of primary amides is 1. The molecule has 1 unspecified atom stereocenters. The molecule has 0 aliphatic rings. The summed E-state index contributed by atoms with van der Waals surface area (Å²) in [7, 11) is 0. The Morgan fingerprint density at radius 1 is 1.39 bits per heavy atom. The SMILES string of the molecule is CC(C(=O)NC(N)=O)N(CC(=O)O)CC(F)(F)F. The molecule has 0 bridgehead atoms. The number of urea groups is 1. The van der Waals surface area contributed by atoms with Crippen LogP contribution in [-0.2, 0) is 9.59 Å². The molecule has 0 aliphatic carbocycles. The maximum absolute atomic E-state index is 12.2. The number of aliphatic carboxylic acids is 1. The van der Waals surface area contributed by atoms with Crippen molar-refractivity contribution in [2.45, 2.75) is 19.1 Å². The van der Waals surface area contributed by atoms with Crippen LogP contribution < -0.4 is 11.1 Å². The first-order chi connectivity index (χ1) is 8.03. The van der Waals surface area contributed by atoms with Crippen molar-refractivity contribution in [2.75, 3.05) is 13.1 Å². The molecule has 104 valence electrons. The second-order valence-electron chi connectivity index (χ2n) is 3.44. The smallest absolute Gasteiger partial charge is 0.401 e. The number of carboxylic acids is 1. The molecule has 4 N–H and O–H groups in total. The fourth-order valence-electron chi connectivity index (χ4n) is 1.13. The third-order valence-corrected chi connectivity index (χ3v) is 1.89. The van der Waals surface area contributed by atoms with E-state index in [1.165, 1.54) is 0 Å². The number of hydrogen-bond donors (Lipinski definition) is 3. The zero-order valence-corrected chi connectivity index (χ0v) is 9.32. The highest BCUT2D eigenvalue weighted by molar-refractivity contribution is 5.96. The Hall–Kier alpha value is -1.84. The van der Waals surface area contributed by atoms with Crippen LogP contribution in [0.15, 0.2) is 0 Å². The number of nitrogens with two attached hydrogens (primary N) is 1. The summed E-state index contributed by atoms with van der Waals surface area (Å²) in [5.41, 5.74) is 4.63. The number of halogens is 3. The summed E-state index contributed by atoms with van der Waals surface area (Å²) in [5, 5.41) is 10.0. The first-order valence-corrected chi connectivity index (χ1v) is 4.66. The van der Waals surface area contributed by atoms with Gasteiger partial charge in [0.1, 0.15) is 0 Å². The molecule has 0 aromatic heterocycles. The van der Waals surface area contributed by atoms with Crippen molar-refractivity contribution >= 4 is 17.9 Å². The molecule has 10 heteroatoms. The first-order valence-electron chi connectivity index (χ1n) is 4.66. The van der Waals surface area contributed by atoms with E-state index in [9.17, 15) is 27.6 Å². The van der Waals surface area contributed by atoms with E-state index in [4.69, 9.17) is 5.11 Å². The largest absolute Gasteiger partial charge is 0.480 e. The molecule has 0 saturated heterocycles. The standard InChI is InChI=1S/C8H12F3N3O4/c1-4(6(17)13-7(12)18)14(2-5(15)16)3-8(9,10)11/h4H,2-3H2,1H3,(H,15,16)(H3,12,13,17,18). The van der Waals surface area contributed by atoms with Gasteiger partial charge in [-0.25, -0.2) is 4.79 Å². The van der Waals surface area contributed by atoms with Crippen molar-refractivity contribution in [3.8, 4) is 0 Å². The molecule has 0 aromatic rings. The van der Waals surface area contributed by atoms with Gasteiger partial charge in [0.05, 0.1) is 19.1 Å². The average molecular weight is 271 g/mol. The third-order valence-electron chi connectivity index (χ3n) is 1.89. The highest BCUT2D eigenvalue weighted by atomic mass is 19.4. The van der Waals surface area contributed by atoms with Crippen LogP contribution in [0.1, 0.15) is 6.92 Å². The van der Waals surface area contributed by atoms with Crippen molar-refractivity contribution in [2.24, 2.45) is 5.73 Å². The predicted octanol–water partition coefficient (Wildman–Crippen LogP) is -0.481. The monoisotopic (exact) mass is 271 g/mol. The van der Waals surface area contributed by atoms with E-state index in [1.54, 1.807) is 5.32 Å². The summed E-state index contributed by atoms with van der Waals surface area (Å²) in [6.07, 6.45) is -4.67. The minimum atomic E-state index is -4.67. The predicted molar refractivity (Wildman–Crippen MR) is 52.5 cm³/mol. The van der Waals surface area contributed by atoms with Gasteiger partial charge in [-0.1, -0.05) is 0 Å². The third kappa shape index (κ3) is 6.68. The van der Waals surface area contributed by atoms with Gasteiger partial charge in [-0.3, -0.25) is 19.8 Å². The zero-order valence-electron chi connectivity index (χ0n) is 9.32. The summed E-state index contributed by atoms with van der Waals surface area (Å²) in [6, 6.07) is -2.69. The maximum atomic E-state index is 12.2. The summed E-state index contributed by atoms with van der Waals surface area (Å²) in [6.45, 7) is -1.55. The van der Waals surface area contributed by atoms with E-state index >= 15 is 0 Å². The van der Waals surface area contributed by atoms with Gasteiger partial charge in [-0.2, -0.15) is 13.2 Å². The van der Waals surface area contributed by atoms with E-state index in [1.807, 2.05) is 0 Å². The van der Waals surface area contributed by atoms with Crippen LogP contribution in [-0.4, -0.2) is 53.2 Å². The number of nitrogens with zero attached hydrogens (tertiary/aromatic N) is 1. The molecule has 0 saturated carbocycles. The van der Waals surface area contributed by atoms with Gasteiger partial charge in [-0.15, -0.1) is 0 Å². The lowest BCUT2D eigenvalue weighted by Gasteiger charge is -2.26. The quantitative estimate of drug-likeness (QED) is 0.625. The van der Waals surface area contributed by atoms with Crippen LogP contribution >= 0.6 is 0 Å². The van der Waals surface area contributed by atoms with Crippen LogP contribution in [0.2, 0.25) is 0 Å². The molecule has 0 spiro atoms. The lowest BCUT2D eigenvalue weighted by Crippen LogP contribution is -2.52.